The van der Waals surface area contributed by atoms with Crippen LogP contribution in [0.4, 0.5) is 0 Å². The number of fused-ring (bicyclic) bond motifs is 1. The number of amides is 1. The van der Waals surface area contributed by atoms with Crippen LogP contribution in [0, 0.1) is 0 Å². The molecule has 0 fully saturated rings. The smallest absolute Gasteiger partial charge is 0.287 e. The number of carbonyl (C=O) groups excluding carboxylic acids is 1. The van der Waals surface area contributed by atoms with Gasteiger partial charge < -0.3 is 14.8 Å². The number of aliphatic hydroxyl groups excluding tert-OH is 1. The van der Waals surface area contributed by atoms with Crippen LogP contribution in [-0.4, -0.2) is 32.2 Å². The molecule has 0 aliphatic heterocycles. The summed E-state index contributed by atoms with van der Waals surface area (Å²) < 4.78 is 27.7. The van der Waals surface area contributed by atoms with E-state index in [2.05, 4.69) is 5.32 Å². The van der Waals surface area contributed by atoms with Crippen LogP contribution in [0.1, 0.15) is 28.0 Å². The van der Waals surface area contributed by atoms with E-state index in [4.69, 9.17) is 4.42 Å². The van der Waals surface area contributed by atoms with Crippen molar-refractivity contribution < 1.29 is 22.7 Å². The van der Waals surface area contributed by atoms with Gasteiger partial charge in [0.1, 0.15) is 11.5 Å². The average Bonchev–Trinajstić information content (AvgIpc) is 3.05. The van der Waals surface area contributed by atoms with Crippen LogP contribution < -0.4 is 5.32 Å². The minimum atomic E-state index is -3.23. The van der Waals surface area contributed by atoms with Crippen molar-refractivity contribution in [3.63, 3.8) is 0 Å². The van der Waals surface area contributed by atoms with Crippen molar-refractivity contribution >= 4 is 26.5 Å². The molecule has 1 aromatic heterocycles. The number of hydrogen-bond acceptors (Lipinski definition) is 5. The fourth-order valence-electron chi connectivity index (χ4n) is 2.65. The Kier molecular flexibility index (Phi) is 5.11. The summed E-state index contributed by atoms with van der Waals surface area (Å²) >= 11 is 0. The first-order valence-electron chi connectivity index (χ1n) is 8.03. The molecule has 2 aromatic carbocycles. The lowest BCUT2D eigenvalue weighted by atomic mass is 10.0. The van der Waals surface area contributed by atoms with Crippen molar-refractivity contribution in [2.75, 3.05) is 12.8 Å². The van der Waals surface area contributed by atoms with Gasteiger partial charge in [-0.15, -0.1) is 0 Å². The van der Waals surface area contributed by atoms with Crippen molar-refractivity contribution in [1.82, 2.24) is 5.32 Å². The number of nitrogens with one attached hydrogen (secondary N) is 1. The molecule has 3 aromatic rings. The van der Waals surface area contributed by atoms with Crippen LogP contribution in [-0.2, 0) is 15.6 Å². The molecule has 1 unspecified atom stereocenters. The van der Waals surface area contributed by atoms with Crippen LogP contribution in [0.15, 0.2) is 59.0 Å². The van der Waals surface area contributed by atoms with Crippen molar-refractivity contribution in [2.24, 2.45) is 0 Å². The van der Waals surface area contributed by atoms with Gasteiger partial charge in [-0.1, -0.05) is 36.4 Å². The van der Waals surface area contributed by atoms with E-state index < -0.39 is 21.8 Å². The molecule has 0 saturated heterocycles. The summed E-state index contributed by atoms with van der Waals surface area (Å²) in [5, 5.41) is 15.0. The highest BCUT2D eigenvalue weighted by Crippen LogP contribution is 2.20. The summed E-state index contributed by atoms with van der Waals surface area (Å²) in [7, 11) is -3.23. The average molecular weight is 373 g/mol. The number of sulfone groups is 1. The van der Waals surface area contributed by atoms with E-state index in [-0.39, 0.29) is 23.8 Å². The number of carbonyl (C=O) groups is 1. The molecule has 0 aliphatic carbocycles. The second-order valence-electron chi connectivity index (χ2n) is 6.17. The molecule has 0 aliphatic rings. The van der Waals surface area contributed by atoms with Crippen LogP contribution >= 0.6 is 0 Å². The SMILES string of the molecule is CS(=O)(=O)Cc1ccc(C(=O)NCC(O)c2ccc3ccccc3c2)o1. The molecule has 0 bridgehead atoms. The van der Waals surface area contributed by atoms with E-state index in [1.54, 1.807) is 0 Å². The largest absolute Gasteiger partial charge is 0.455 e. The van der Waals surface area contributed by atoms with E-state index in [9.17, 15) is 18.3 Å². The van der Waals surface area contributed by atoms with E-state index in [1.807, 2.05) is 42.5 Å². The standard InChI is InChI=1S/C19H19NO5S/c1-26(23,24)12-16-8-9-18(25-16)19(22)20-11-17(21)15-7-6-13-4-2-3-5-14(13)10-15/h2-10,17,21H,11-12H2,1H3,(H,20,22). The number of hydrogen-bond donors (Lipinski definition) is 2. The minimum absolute atomic E-state index is 0.00867. The van der Waals surface area contributed by atoms with Crippen molar-refractivity contribution in [3.8, 4) is 0 Å². The van der Waals surface area contributed by atoms with Gasteiger partial charge >= 0.3 is 0 Å². The number of benzene rings is 2. The Morgan fingerprint density at radius 2 is 1.85 bits per heavy atom. The van der Waals surface area contributed by atoms with E-state index >= 15 is 0 Å². The molecule has 3 rings (SSSR count). The van der Waals surface area contributed by atoms with Crippen LogP contribution in [0.2, 0.25) is 0 Å². The number of aliphatic hydroxyl groups is 1. The van der Waals surface area contributed by atoms with Gasteiger partial charge in [0, 0.05) is 12.8 Å². The van der Waals surface area contributed by atoms with Crippen LogP contribution in [0.25, 0.3) is 10.8 Å². The maximum Gasteiger partial charge on any atom is 0.287 e. The Labute approximate surface area is 151 Å². The predicted octanol–water partition coefficient (Wildman–Crippen LogP) is 2.44. The highest BCUT2D eigenvalue weighted by Gasteiger charge is 2.16. The Bertz CT molecular complexity index is 1040. The van der Waals surface area contributed by atoms with Gasteiger partial charge in [0.25, 0.3) is 5.91 Å². The first kappa shape index (κ1) is 18.2. The maximum atomic E-state index is 12.1. The van der Waals surface area contributed by atoms with Gasteiger partial charge in [-0.05, 0) is 34.5 Å². The highest BCUT2D eigenvalue weighted by molar-refractivity contribution is 7.89. The fraction of sp³-hybridized carbons (Fsp3) is 0.211. The van der Waals surface area contributed by atoms with Gasteiger partial charge in [0.05, 0.1) is 6.10 Å². The third kappa shape index (κ3) is 4.50. The molecule has 26 heavy (non-hydrogen) atoms. The quantitative estimate of drug-likeness (QED) is 0.692. The van der Waals surface area contributed by atoms with Crippen molar-refractivity contribution in [3.05, 3.63) is 71.7 Å². The molecule has 1 atom stereocenters. The van der Waals surface area contributed by atoms with Gasteiger partial charge in [-0.25, -0.2) is 8.42 Å². The first-order chi connectivity index (χ1) is 12.3. The molecule has 2 N–H and O–H groups in total. The Morgan fingerprint density at radius 1 is 1.12 bits per heavy atom. The zero-order valence-corrected chi connectivity index (χ0v) is 15.0. The molecular formula is C19H19NO5S. The van der Waals surface area contributed by atoms with Crippen molar-refractivity contribution in [2.45, 2.75) is 11.9 Å². The lowest BCUT2D eigenvalue weighted by molar-refractivity contribution is 0.0887. The summed E-state index contributed by atoms with van der Waals surface area (Å²) in [6.07, 6.45) is 0.226. The lowest BCUT2D eigenvalue weighted by Gasteiger charge is -2.12. The molecule has 0 saturated carbocycles. The molecule has 6 nitrogen and oxygen atoms in total. The molecule has 0 radical (unpaired) electrons. The molecule has 0 spiro atoms. The van der Waals surface area contributed by atoms with E-state index in [1.165, 1.54) is 12.1 Å². The Balaban J connectivity index is 1.63. The molecule has 136 valence electrons. The van der Waals surface area contributed by atoms with Gasteiger partial charge in [0.2, 0.25) is 0 Å². The second kappa shape index (κ2) is 7.31. The topological polar surface area (TPSA) is 96.6 Å². The third-order valence-corrected chi connectivity index (χ3v) is 4.71. The minimum Gasteiger partial charge on any atom is -0.455 e. The third-order valence-electron chi connectivity index (χ3n) is 3.90. The second-order valence-corrected chi connectivity index (χ2v) is 8.31. The summed E-state index contributed by atoms with van der Waals surface area (Å²) in [6, 6.07) is 16.3. The summed E-state index contributed by atoms with van der Waals surface area (Å²) in [6.45, 7) is 0.0132. The Hall–Kier alpha value is -2.64. The monoisotopic (exact) mass is 373 g/mol. The van der Waals surface area contributed by atoms with Gasteiger partial charge in [-0.2, -0.15) is 0 Å². The van der Waals surface area contributed by atoms with Gasteiger partial charge in [-0.3, -0.25) is 4.79 Å². The van der Waals surface area contributed by atoms with Crippen molar-refractivity contribution in [1.29, 1.82) is 0 Å². The normalized spacial score (nSPS) is 12.8. The molecule has 1 heterocycles. The number of furan rings is 1. The summed E-state index contributed by atoms with van der Waals surface area (Å²) in [4.78, 5) is 12.1. The highest BCUT2D eigenvalue weighted by atomic mass is 32.2. The first-order valence-corrected chi connectivity index (χ1v) is 10.1. The lowest BCUT2D eigenvalue weighted by Crippen LogP contribution is -2.28. The molecular weight excluding hydrogens is 354 g/mol. The Morgan fingerprint density at radius 3 is 2.58 bits per heavy atom. The predicted molar refractivity (Wildman–Crippen MR) is 98.5 cm³/mol. The number of rotatable bonds is 6. The zero-order chi connectivity index (χ0) is 18.7. The molecule has 1 amide bonds. The van der Waals surface area contributed by atoms with Gasteiger partial charge in [0.15, 0.2) is 15.6 Å². The zero-order valence-electron chi connectivity index (χ0n) is 14.2. The van der Waals surface area contributed by atoms with E-state index in [0.717, 1.165) is 17.0 Å². The summed E-state index contributed by atoms with van der Waals surface area (Å²) in [5.41, 5.74) is 0.696. The van der Waals surface area contributed by atoms with Crippen LogP contribution in [0.5, 0.6) is 0 Å². The van der Waals surface area contributed by atoms with E-state index in [0.29, 0.717) is 5.56 Å². The maximum absolute atomic E-state index is 12.1. The molecule has 7 heteroatoms. The summed E-state index contributed by atoms with van der Waals surface area (Å²) in [5.74, 6) is -0.563. The fourth-order valence-corrected chi connectivity index (χ4v) is 3.32. The van der Waals surface area contributed by atoms with Crippen LogP contribution in [0.3, 0.4) is 0 Å².